The zero-order chi connectivity index (χ0) is 19.8. The minimum atomic E-state index is -0.515. The lowest BCUT2D eigenvalue weighted by atomic mass is 10.0. The van der Waals surface area contributed by atoms with Crippen LogP contribution in [-0.2, 0) is 14.3 Å². The average Bonchev–Trinajstić information content (AvgIpc) is 2.70. The van der Waals surface area contributed by atoms with E-state index in [1.54, 1.807) is 37.4 Å². The van der Waals surface area contributed by atoms with Crippen LogP contribution in [-0.4, -0.2) is 35.0 Å². The summed E-state index contributed by atoms with van der Waals surface area (Å²) in [5.41, 5.74) is 2.22. The van der Waals surface area contributed by atoms with Crippen molar-refractivity contribution in [2.45, 2.75) is 12.2 Å². The van der Waals surface area contributed by atoms with Crippen LogP contribution >= 0.6 is 24.8 Å². The van der Waals surface area contributed by atoms with E-state index in [0.29, 0.717) is 21.7 Å². The van der Waals surface area contributed by atoms with Gasteiger partial charge in [-0.15, -0.1) is 0 Å². The fraction of sp³-hybridized carbons (Fsp3) is 0.200. The van der Waals surface area contributed by atoms with Gasteiger partial charge in [-0.3, -0.25) is 4.98 Å². The van der Waals surface area contributed by atoms with Crippen molar-refractivity contribution in [1.29, 1.82) is 0 Å². The summed E-state index contributed by atoms with van der Waals surface area (Å²) in [5.74, 6) is -1.02. The highest BCUT2D eigenvalue weighted by Gasteiger charge is 2.16. The molecule has 2 aromatic rings. The topological polar surface area (TPSA) is 65.5 Å². The molecule has 1 atom stereocenters. The summed E-state index contributed by atoms with van der Waals surface area (Å²) in [5, 5.41) is -0.318. The smallest absolute Gasteiger partial charge is 0.338 e. The zero-order valence-corrected chi connectivity index (χ0v) is 16.5. The predicted molar refractivity (Wildman–Crippen MR) is 110 cm³/mol. The fourth-order valence-electron chi connectivity index (χ4n) is 2.08. The molecule has 0 saturated carbocycles. The van der Waals surface area contributed by atoms with E-state index in [2.05, 4.69) is 24.2 Å². The first-order chi connectivity index (χ1) is 12.9. The molecular formula is C20H19NO4S2. The lowest BCUT2D eigenvalue weighted by Gasteiger charge is -2.13. The Morgan fingerprint density at radius 2 is 1.81 bits per heavy atom. The molecule has 0 bridgehead atoms. The quantitative estimate of drug-likeness (QED) is 0.182. The minimum absolute atomic E-state index is 0.0213. The van der Waals surface area contributed by atoms with Gasteiger partial charge in [-0.1, -0.05) is 37.0 Å². The van der Waals surface area contributed by atoms with Crippen molar-refractivity contribution in [2.24, 2.45) is 0 Å². The number of rotatable bonds is 8. The number of carbonyl (C=O) groups is 2. The van der Waals surface area contributed by atoms with Crippen LogP contribution in [0.2, 0.25) is 0 Å². The highest BCUT2D eigenvalue weighted by atomic mass is 32.1. The van der Waals surface area contributed by atoms with Crippen LogP contribution in [0, 0.1) is 0 Å². The fourth-order valence-corrected chi connectivity index (χ4v) is 2.64. The molecular weight excluding hydrogens is 382 g/mol. The lowest BCUT2D eigenvalue weighted by molar-refractivity contribution is -0.140. The van der Waals surface area contributed by atoms with Crippen LogP contribution in [0.25, 0.3) is 0 Å². The number of thiocarbonyl (C=S) groups is 1. The molecule has 0 aliphatic rings. The Balaban J connectivity index is 1.90. The van der Waals surface area contributed by atoms with Crippen molar-refractivity contribution in [2.75, 3.05) is 13.2 Å². The van der Waals surface area contributed by atoms with Crippen molar-refractivity contribution >= 4 is 41.6 Å². The van der Waals surface area contributed by atoms with Crippen molar-refractivity contribution in [3.05, 3.63) is 77.6 Å². The van der Waals surface area contributed by atoms with Gasteiger partial charge < -0.3 is 9.47 Å². The molecule has 140 valence electrons. The minimum Gasteiger partial charge on any atom is -0.459 e. The largest absolute Gasteiger partial charge is 0.459 e. The van der Waals surface area contributed by atoms with Gasteiger partial charge in [-0.05, 0) is 36.8 Å². The number of thiol groups is 1. The molecule has 0 N–H and O–H groups in total. The Labute approximate surface area is 168 Å². The summed E-state index contributed by atoms with van der Waals surface area (Å²) in [4.78, 5) is 28.1. The maximum absolute atomic E-state index is 12.0. The monoisotopic (exact) mass is 401 g/mol. The van der Waals surface area contributed by atoms with E-state index in [-0.39, 0.29) is 18.5 Å². The number of hydrogen-bond acceptors (Lipinski definition) is 7. The molecule has 27 heavy (non-hydrogen) atoms. The first-order valence-electron chi connectivity index (χ1n) is 8.13. The number of pyridine rings is 1. The number of benzene rings is 1. The Morgan fingerprint density at radius 3 is 2.41 bits per heavy atom. The van der Waals surface area contributed by atoms with Gasteiger partial charge in [0.25, 0.3) is 0 Å². The maximum atomic E-state index is 12.0. The molecule has 0 aliphatic carbocycles. The van der Waals surface area contributed by atoms with Gasteiger partial charge in [-0.25, -0.2) is 9.59 Å². The highest BCUT2D eigenvalue weighted by Crippen LogP contribution is 2.25. The third-order valence-electron chi connectivity index (χ3n) is 3.53. The van der Waals surface area contributed by atoms with Gasteiger partial charge >= 0.3 is 11.9 Å². The molecule has 0 aliphatic heterocycles. The zero-order valence-electron chi connectivity index (χ0n) is 14.8. The standard InChI is InChI=1S/C20H19NO4S2/c1-13(2)19(22)24-11-12-25-20(23)15-8-6-14(7-9-15)17(26)18(27)16-5-3-4-10-21-16/h3-10,17,26H,1,11-12H2,2H3. The Hall–Kier alpha value is -2.51. The highest BCUT2D eigenvalue weighted by molar-refractivity contribution is 7.86. The maximum Gasteiger partial charge on any atom is 0.338 e. The van der Waals surface area contributed by atoms with E-state index < -0.39 is 11.9 Å². The van der Waals surface area contributed by atoms with Gasteiger partial charge in [0.1, 0.15) is 13.2 Å². The van der Waals surface area contributed by atoms with Crippen molar-refractivity contribution in [1.82, 2.24) is 4.98 Å². The van der Waals surface area contributed by atoms with E-state index >= 15 is 0 Å². The van der Waals surface area contributed by atoms with Gasteiger partial charge in [0, 0.05) is 11.8 Å². The van der Waals surface area contributed by atoms with Crippen LogP contribution in [0.15, 0.2) is 60.8 Å². The third-order valence-corrected chi connectivity index (χ3v) is 4.70. The second-order valence-electron chi connectivity index (χ2n) is 5.66. The summed E-state index contributed by atoms with van der Waals surface area (Å²) in [6.45, 7) is 4.96. The number of hydrogen-bond donors (Lipinski definition) is 1. The van der Waals surface area contributed by atoms with Crippen molar-refractivity contribution < 1.29 is 19.1 Å². The molecule has 0 fully saturated rings. The third kappa shape index (κ3) is 6.01. The molecule has 0 saturated heterocycles. The van der Waals surface area contributed by atoms with Gasteiger partial charge in [-0.2, -0.15) is 12.6 Å². The van der Waals surface area contributed by atoms with E-state index in [0.717, 1.165) is 5.56 Å². The Bertz CT molecular complexity index is 835. The van der Waals surface area contributed by atoms with Crippen LogP contribution in [0.1, 0.15) is 33.8 Å². The molecule has 0 radical (unpaired) electrons. The first kappa shape index (κ1) is 20.8. The Morgan fingerprint density at radius 1 is 1.15 bits per heavy atom. The van der Waals surface area contributed by atoms with Crippen molar-refractivity contribution in [3.63, 3.8) is 0 Å². The van der Waals surface area contributed by atoms with Gasteiger partial charge in [0.2, 0.25) is 0 Å². The second-order valence-corrected chi connectivity index (χ2v) is 6.61. The van der Waals surface area contributed by atoms with E-state index in [4.69, 9.17) is 21.7 Å². The molecule has 0 amide bonds. The van der Waals surface area contributed by atoms with Crippen LogP contribution < -0.4 is 0 Å². The predicted octanol–water partition coefficient (Wildman–Crippen LogP) is 3.75. The molecule has 5 nitrogen and oxygen atoms in total. The summed E-state index contributed by atoms with van der Waals surface area (Å²) < 4.78 is 9.94. The van der Waals surface area contributed by atoms with Crippen molar-refractivity contribution in [3.8, 4) is 0 Å². The molecule has 1 aromatic carbocycles. The van der Waals surface area contributed by atoms with Crippen LogP contribution in [0.5, 0.6) is 0 Å². The molecule has 1 unspecified atom stereocenters. The summed E-state index contributed by atoms with van der Waals surface area (Å²) in [6.07, 6.45) is 1.68. The molecule has 1 heterocycles. The van der Waals surface area contributed by atoms with Crippen LogP contribution in [0.4, 0.5) is 0 Å². The number of esters is 2. The van der Waals surface area contributed by atoms with E-state index in [1.807, 2.05) is 18.2 Å². The first-order valence-corrected chi connectivity index (χ1v) is 9.05. The SMILES string of the molecule is C=C(C)C(=O)OCCOC(=O)c1ccc(C(S)C(=S)c2ccccn2)cc1. The summed E-state index contributed by atoms with van der Waals surface area (Å²) in [6, 6.07) is 12.3. The average molecular weight is 402 g/mol. The number of carbonyl (C=O) groups excluding carboxylic acids is 2. The van der Waals surface area contributed by atoms with Crippen LogP contribution in [0.3, 0.4) is 0 Å². The number of ether oxygens (including phenoxy) is 2. The van der Waals surface area contributed by atoms with E-state index in [1.165, 1.54) is 0 Å². The molecule has 1 aromatic heterocycles. The van der Waals surface area contributed by atoms with E-state index in [9.17, 15) is 9.59 Å². The molecule has 7 heteroatoms. The Kier molecular flexibility index (Phi) is 7.69. The van der Waals surface area contributed by atoms with Gasteiger partial charge in [0.15, 0.2) is 0 Å². The normalized spacial score (nSPS) is 11.3. The number of aromatic nitrogens is 1. The number of nitrogens with zero attached hydrogens (tertiary/aromatic N) is 1. The summed E-state index contributed by atoms with van der Waals surface area (Å²) >= 11 is 10.0. The lowest BCUT2D eigenvalue weighted by Crippen LogP contribution is -2.14. The second kappa shape index (κ2) is 9.99. The molecule has 2 rings (SSSR count). The molecule has 0 spiro atoms. The summed E-state index contributed by atoms with van der Waals surface area (Å²) in [7, 11) is 0. The van der Waals surface area contributed by atoms with Gasteiger partial charge in [0.05, 0.1) is 21.4 Å².